The van der Waals surface area contributed by atoms with Gasteiger partial charge in [0, 0.05) is 28.8 Å². The van der Waals surface area contributed by atoms with Crippen LogP contribution >= 0.6 is 11.6 Å². The first-order chi connectivity index (χ1) is 17.3. The topological polar surface area (TPSA) is 87.1 Å². The van der Waals surface area contributed by atoms with Crippen molar-refractivity contribution in [1.29, 1.82) is 0 Å². The number of halogens is 1. The van der Waals surface area contributed by atoms with Crippen molar-refractivity contribution in [3.8, 4) is 22.6 Å². The summed E-state index contributed by atoms with van der Waals surface area (Å²) in [7, 11) is -4.50. The highest BCUT2D eigenvalue weighted by Gasteiger charge is 2.23. The third-order valence-electron chi connectivity index (χ3n) is 5.89. The first kappa shape index (κ1) is 23.9. The smallest absolute Gasteiger partial charge is 0.295 e. The number of benzene rings is 4. The molecule has 1 heterocycles. The van der Waals surface area contributed by atoms with Crippen LogP contribution in [0.4, 0.5) is 0 Å². The Bertz CT molecular complexity index is 1570. The average Bonchev–Trinajstić information content (AvgIpc) is 2.85. The highest BCUT2D eigenvalue weighted by molar-refractivity contribution is 7.86. The molecule has 1 aliphatic rings. The Labute approximate surface area is 214 Å². The van der Waals surface area contributed by atoms with Gasteiger partial charge in [-0.3, -0.25) is 4.55 Å². The Morgan fingerprint density at radius 1 is 0.917 bits per heavy atom. The van der Waals surface area contributed by atoms with E-state index in [0.29, 0.717) is 39.4 Å². The standard InChI is InChI=1S/C28H22ClNO5S/c29-24-9-10-27(22(15-24)13-19-5-2-1-3-6-19)35-30-12-11-26-23(18-30)14-21(17-28(26)36(32,33)34)20-7-4-8-25(31)16-20/h1-12,14-17,31H,13,18H2,(H,32,33,34). The van der Waals surface area contributed by atoms with Gasteiger partial charge in [0.25, 0.3) is 10.1 Å². The third kappa shape index (κ3) is 5.23. The predicted octanol–water partition coefficient (Wildman–Crippen LogP) is 6.33. The molecule has 36 heavy (non-hydrogen) atoms. The molecule has 0 spiro atoms. The fourth-order valence-corrected chi connectivity index (χ4v) is 5.18. The molecule has 0 radical (unpaired) electrons. The molecule has 182 valence electrons. The molecule has 8 heteroatoms. The number of hydrogen-bond donors (Lipinski definition) is 2. The lowest BCUT2D eigenvalue weighted by Gasteiger charge is -2.27. The van der Waals surface area contributed by atoms with E-state index in [4.69, 9.17) is 16.4 Å². The normalized spacial score (nSPS) is 12.9. The molecule has 0 aliphatic carbocycles. The lowest BCUT2D eigenvalue weighted by Crippen LogP contribution is -2.25. The number of phenols is 1. The molecule has 0 aromatic heterocycles. The summed E-state index contributed by atoms with van der Waals surface area (Å²) in [5, 5.41) is 12.1. The molecule has 0 saturated carbocycles. The van der Waals surface area contributed by atoms with Gasteiger partial charge in [-0.05, 0) is 70.8 Å². The molecule has 6 nitrogen and oxygen atoms in total. The van der Waals surface area contributed by atoms with E-state index in [2.05, 4.69) is 0 Å². The maximum Gasteiger partial charge on any atom is 0.295 e. The second-order valence-corrected chi connectivity index (χ2v) is 10.3. The van der Waals surface area contributed by atoms with E-state index in [1.54, 1.807) is 41.6 Å². The summed E-state index contributed by atoms with van der Waals surface area (Å²) in [5.74, 6) is 0.674. The summed E-state index contributed by atoms with van der Waals surface area (Å²) >= 11 is 6.26. The molecule has 0 bridgehead atoms. The van der Waals surface area contributed by atoms with Gasteiger partial charge in [-0.2, -0.15) is 8.42 Å². The minimum absolute atomic E-state index is 0.0529. The number of phenolic OH excluding ortho intramolecular Hbond substituents is 1. The van der Waals surface area contributed by atoms with Gasteiger partial charge in [-0.15, -0.1) is 0 Å². The van der Waals surface area contributed by atoms with Gasteiger partial charge in [0.05, 0.1) is 6.54 Å². The van der Waals surface area contributed by atoms with Crippen molar-refractivity contribution in [3.05, 3.63) is 118 Å². The van der Waals surface area contributed by atoms with E-state index in [1.807, 2.05) is 42.5 Å². The van der Waals surface area contributed by atoms with Crippen molar-refractivity contribution in [1.82, 2.24) is 5.06 Å². The SMILES string of the molecule is O=S(=O)(O)c1cc(-c2cccc(O)c2)cc2c1C=CN(Oc1ccc(Cl)cc1Cc1ccccc1)C2. The quantitative estimate of drug-likeness (QED) is 0.289. The Hall–Kier alpha value is -3.78. The van der Waals surface area contributed by atoms with Crippen LogP contribution < -0.4 is 4.84 Å². The molecule has 1 aliphatic heterocycles. The molecular formula is C28H22ClNO5S. The first-order valence-corrected chi connectivity index (χ1v) is 13.0. The van der Waals surface area contributed by atoms with Crippen molar-refractivity contribution in [3.63, 3.8) is 0 Å². The lowest BCUT2D eigenvalue weighted by molar-refractivity contribution is -0.0171. The van der Waals surface area contributed by atoms with E-state index >= 15 is 0 Å². The molecular weight excluding hydrogens is 498 g/mol. The average molecular weight is 520 g/mol. The molecule has 0 atom stereocenters. The second kappa shape index (κ2) is 9.70. The Morgan fingerprint density at radius 2 is 1.72 bits per heavy atom. The van der Waals surface area contributed by atoms with E-state index < -0.39 is 10.1 Å². The summed E-state index contributed by atoms with van der Waals surface area (Å²) in [4.78, 5) is 5.99. The zero-order valence-electron chi connectivity index (χ0n) is 19.0. The fourth-order valence-electron chi connectivity index (χ4n) is 4.23. The minimum atomic E-state index is -4.50. The summed E-state index contributed by atoms with van der Waals surface area (Å²) < 4.78 is 34.3. The molecule has 4 aromatic carbocycles. The number of rotatable bonds is 6. The largest absolute Gasteiger partial charge is 0.508 e. The van der Waals surface area contributed by atoms with E-state index in [9.17, 15) is 18.1 Å². The van der Waals surface area contributed by atoms with Gasteiger partial charge in [0.1, 0.15) is 10.6 Å². The van der Waals surface area contributed by atoms with Gasteiger partial charge in [-0.1, -0.05) is 54.1 Å². The molecule has 0 amide bonds. The first-order valence-electron chi connectivity index (χ1n) is 11.2. The van der Waals surface area contributed by atoms with E-state index in [-0.39, 0.29) is 17.2 Å². The highest BCUT2D eigenvalue weighted by atomic mass is 35.5. The van der Waals surface area contributed by atoms with Crippen molar-refractivity contribution in [2.45, 2.75) is 17.9 Å². The highest BCUT2D eigenvalue weighted by Crippen LogP contribution is 2.34. The minimum Gasteiger partial charge on any atom is -0.508 e. The molecule has 0 fully saturated rings. The summed E-state index contributed by atoms with van der Waals surface area (Å²) in [5.41, 5.74) is 4.21. The maximum atomic E-state index is 12.2. The molecule has 2 N–H and O–H groups in total. The van der Waals surface area contributed by atoms with E-state index in [1.165, 1.54) is 18.2 Å². The lowest BCUT2D eigenvalue weighted by atomic mass is 9.97. The van der Waals surface area contributed by atoms with Crippen LogP contribution in [0.1, 0.15) is 22.3 Å². The van der Waals surface area contributed by atoms with Crippen LogP contribution in [0.3, 0.4) is 0 Å². The van der Waals surface area contributed by atoms with Crippen LogP contribution in [0.5, 0.6) is 11.5 Å². The van der Waals surface area contributed by atoms with Crippen LogP contribution in [-0.2, 0) is 23.1 Å². The number of hydroxylamine groups is 2. The monoisotopic (exact) mass is 519 g/mol. The van der Waals surface area contributed by atoms with E-state index in [0.717, 1.165) is 11.1 Å². The Kier molecular flexibility index (Phi) is 6.45. The number of hydrogen-bond acceptors (Lipinski definition) is 5. The van der Waals surface area contributed by atoms with Gasteiger partial charge in [0.2, 0.25) is 0 Å². The van der Waals surface area contributed by atoms with Crippen LogP contribution in [0.15, 0.2) is 96.0 Å². The summed E-state index contributed by atoms with van der Waals surface area (Å²) in [6.45, 7) is 0.231. The van der Waals surface area contributed by atoms with Gasteiger partial charge >= 0.3 is 0 Å². The van der Waals surface area contributed by atoms with Gasteiger partial charge in [-0.25, -0.2) is 5.06 Å². The van der Waals surface area contributed by atoms with Crippen LogP contribution in [0.25, 0.3) is 17.2 Å². The maximum absolute atomic E-state index is 12.2. The zero-order chi connectivity index (χ0) is 25.3. The molecule has 5 rings (SSSR count). The van der Waals surface area contributed by atoms with Crippen LogP contribution in [-0.4, -0.2) is 23.1 Å². The third-order valence-corrected chi connectivity index (χ3v) is 7.02. The van der Waals surface area contributed by atoms with Crippen molar-refractivity contribution < 1.29 is 22.9 Å². The number of aromatic hydroxyl groups is 1. The molecule has 0 unspecified atom stereocenters. The fraction of sp³-hybridized carbons (Fsp3) is 0.0714. The number of fused-ring (bicyclic) bond motifs is 1. The summed E-state index contributed by atoms with van der Waals surface area (Å²) in [6, 6.07) is 25.1. The van der Waals surface area contributed by atoms with Crippen LogP contribution in [0, 0.1) is 0 Å². The van der Waals surface area contributed by atoms with Crippen molar-refractivity contribution >= 4 is 27.8 Å². The number of nitrogens with zero attached hydrogens (tertiary/aromatic N) is 1. The van der Waals surface area contributed by atoms with Crippen molar-refractivity contribution in [2.75, 3.05) is 0 Å². The van der Waals surface area contributed by atoms with Gasteiger partial charge in [0.15, 0.2) is 5.75 Å². The van der Waals surface area contributed by atoms with Crippen molar-refractivity contribution in [2.24, 2.45) is 0 Å². The predicted molar refractivity (Wildman–Crippen MR) is 139 cm³/mol. The Morgan fingerprint density at radius 3 is 2.47 bits per heavy atom. The second-order valence-electron chi connectivity index (χ2n) is 8.47. The molecule has 4 aromatic rings. The molecule has 0 saturated heterocycles. The zero-order valence-corrected chi connectivity index (χ0v) is 20.6. The Balaban J connectivity index is 1.49. The van der Waals surface area contributed by atoms with Crippen LogP contribution in [0.2, 0.25) is 5.02 Å². The van der Waals surface area contributed by atoms with Gasteiger partial charge < -0.3 is 9.94 Å². The summed E-state index contributed by atoms with van der Waals surface area (Å²) in [6.07, 6.45) is 3.85.